The first-order valence-electron chi connectivity index (χ1n) is 3.73. The van der Waals surface area contributed by atoms with Gasteiger partial charge >= 0.3 is 0 Å². The minimum absolute atomic E-state index is 0.984. The number of halogens is 1. The third-order valence-electron chi connectivity index (χ3n) is 1.80. The van der Waals surface area contributed by atoms with E-state index in [9.17, 15) is 0 Å². The molecule has 0 saturated heterocycles. The summed E-state index contributed by atoms with van der Waals surface area (Å²) in [6.07, 6.45) is 7.44. The second kappa shape index (κ2) is 4.77. The van der Waals surface area contributed by atoms with Gasteiger partial charge in [0.1, 0.15) is 0 Å². The largest absolute Gasteiger partial charge is 0.291 e. The van der Waals surface area contributed by atoms with E-state index in [1.807, 2.05) is 0 Å². The molecule has 0 aromatic carbocycles. The Balaban J connectivity index is 2.59. The minimum Gasteiger partial charge on any atom is -0.291 e. The van der Waals surface area contributed by atoms with Crippen LogP contribution in [0.1, 0.15) is 19.3 Å². The summed E-state index contributed by atoms with van der Waals surface area (Å²) < 4.78 is 1.03. The van der Waals surface area contributed by atoms with Crippen LogP contribution in [0.4, 0.5) is 0 Å². The van der Waals surface area contributed by atoms with Gasteiger partial charge in [0.2, 0.25) is 0 Å². The van der Waals surface area contributed by atoms with Gasteiger partial charge < -0.3 is 0 Å². The molecule has 1 aliphatic carbocycles. The number of alkyl halides is 1. The highest BCUT2D eigenvalue weighted by Crippen LogP contribution is 2.24. The number of nitrogens with one attached hydrogen (secondary N) is 1. The third-order valence-corrected chi connectivity index (χ3v) is 2.31. The summed E-state index contributed by atoms with van der Waals surface area (Å²) in [5.74, 6) is 0. The molecule has 2 N–H and O–H groups in total. The van der Waals surface area contributed by atoms with Gasteiger partial charge in [0.15, 0.2) is 0 Å². The summed E-state index contributed by atoms with van der Waals surface area (Å²) in [4.78, 5) is 0. The number of rotatable bonds is 3. The molecule has 1 aliphatic rings. The Morgan fingerprint density at radius 3 is 3.00 bits per heavy atom. The maximum absolute atomic E-state index is 8.69. The first-order chi connectivity index (χ1) is 5.38. The molecule has 0 aromatic heterocycles. The van der Waals surface area contributed by atoms with Crippen molar-refractivity contribution in [2.24, 2.45) is 0 Å². The van der Waals surface area contributed by atoms with Crippen LogP contribution in [-0.4, -0.2) is 9.63 Å². The molecule has 2 nitrogen and oxygen atoms in total. The second-order valence-electron chi connectivity index (χ2n) is 2.53. The van der Waals surface area contributed by atoms with Gasteiger partial charge in [-0.25, -0.2) is 0 Å². The molecule has 0 aliphatic heterocycles. The molecule has 0 amide bonds. The van der Waals surface area contributed by atoms with Crippen molar-refractivity contribution in [3.8, 4) is 0 Å². The molecule has 0 bridgehead atoms. The second-order valence-corrected chi connectivity index (χ2v) is 3.41. The Kier molecular flexibility index (Phi) is 3.93. The highest BCUT2D eigenvalue weighted by Gasteiger charge is 2.10. The van der Waals surface area contributed by atoms with Gasteiger partial charge in [-0.15, -0.1) is 0 Å². The van der Waals surface area contributed by atoms with E-state index in [0.717, 1.165) is 29.4 Å². The molecule has 0 saturated carbocycles. The summed E-state index contributed by atoms with van der Waals surface area (Å²) >= 11 is 2.30. The maximum atomic E-state index is 8.69. The van der Waals surface area contributed by atoms with E-state index < -0.39 is 0 Å². The fraction of sp³-hybridized carbons (Fsp3) is 0.500. The zero-order chi connectivity index (χ0) is 8.10. The fourth-order valence-corrected chi connectivity index (χ4v) is 1.52. The van der Waals surface area contributed by atoms with Gasteiger partial charge in [0, 0.05) is 10.1 Å². The Labute approximate surface area is 80.5 Å². The van der Waals surface area contributed by atoms with Gasteiger partial charge in [-0.1, -0.05) is 34.7 Å². The van der Waals surface area contributed by atoms with E-state index in [1.165, 1.54) is 5.57 Å². The zero-order valence-electron chi connectivity index (χ0n) is 6.31. The lowest BCUT2D eigenvalue weighted by Gasteiger charge is -1.99. The summed E-state index contributed by atoms with van der Waals surface area (Å²) in [5.41, 5.74) is 4.49. The topological polar surface area (TPSA) is 32.3 Å². The van der Waals surface area contributed by atoms with Crippen LogP contribution >= 0.6 is 22.6 Å². The van der Waals surface area contributed by atoms with Crippen molar-refractivity contribution >= 4 is 22.6 Å². The third kappa shape index (κ3) is 2.48. The van der Waals surface area contributed by atoms with E-state index >= 15 is 0 Å². The van der Waals surface area contributed by atoms with Gasteiger partial charge in [-0.2, -0.15) is 0 Å². The van der Waals surface area contributed by atoms with Gasteiger partial charge in [-0.05, 0) is 24.8 Å². The number of allylic oxidation sites excluding steroid dienone is 4. The molecule has 0 heterocycles. The highest BCUT2D eigenvalue weighted by molar-refractivity contribution is 14.1. The summed E-state index contributed by atoms with van der Waals surface area (Å²) in [7, 11) is 0. The van der Waals surface area contributed by atoms with Crippen LogP contribution in [0.5, 0.6) is 0 Å². The van der Waals surface area contributed by atoms with E-state index in [0.29, 0.717) is 0 Å². The van der Waals surface area contributed by atoms with Crippen LogP contribution in [0.3, 0.4) is 0 Å². The predicted octanol–water partition coefficient (Wildman–Crippen LogP) is 2.39. The number of hydrogen-bond acceptors (Lipinski definition) is 2. The fourth-order valence-electron chi connectivity index (χ4n) is 1.27. The number of hydroxylamine groups is 1. The monoisotopic (exact) mass is 265 g/mol. The lowest BCUT2D eigenvalue weighted by atomic mass is 10.2. The van der Waals surface area contributed by atoms with Gasteiger partial charge in [-0.3, -0.25) is 10.7 Å². The molecular formula is C8H12INO. The van der Waals surface area contributed by atoms with Crippen molar-refractivity contribution in [2.75, 3.05) is 4.43 Å². The highest BCUT2D eigenvalue weighted by atomic mass is 127. The van der Waals surface area contributed by atoms with Crippen molar-refractivity contribution in [1.29, 1.82) is 0 Å². The minimum atomic E-state index is 0.984. The quantitative estimate of drug-likeness (QED) is 0.466. The molecule has 62 valence electrons. The van der Waals surface area contributed by atoms with Gasteiger partial charge in [0.05, 0.1) is 0 Å². The Morgan fingerprint density at radius 1 is 1.55 bits per heavy atom. The summed E-state index contributed by atoms with van der Waals surface area (Å²) in [6, 6.07) is 0. The molecule has 0 fully saturated rings. The van der Waals surface area contributed by atoms with Crippen molar-refractivity contribution in [3.63, 3.8) is 0 Å². The van der Waals surface area contributed by atoms with Crippen molar-refractivity contribution in [1.82, 2.24) is 5.48 Å². The van der Waals surface area contributed by atoms with E-state index in [-0.39, 0.29) is 0 Å². The molecular weight excluding hydrogens is 253 g/mol. The molecule has 0 aromatic rings. The average molecular weight is 265 g/mol. The average Bonchev–Trinajstić information content (AvgIpc) is 2.47. The molecule has 0 spiro atoms. The lowest BCUT2D eigenvalue weighted by molar-refractivity contribution is 0.197. The Bertz CT molecular complexity index is 187. The smallest absolute Gasteiger partial charge is 0.0408 e. The van der Waals surface area contributed by atoms with Crippen LogP contribution < -0.4 is 5.48 Å². The molecule has 1 rings (SSSR count). The van der Waals surface area contributed by atoms with Crippen LogP contribution in [0.25, 0.3) is 0 Å². The molecule has 0 atom stereocenters. The molecule has 0 unspecified atom stereocenters. The summed E-state index contributed by atoms with van der Waals surface area (Å²) in [5, 5.41) is 8.69. The van der Waals surface area contributed by atoms with E-state index in [4.69, 9.17) is 5.21 Å². The zero-order valence-corrected chi connectivity index (χ0v) is 8.47. The normalized spacial score (nSPS) is 18.4. The van der Waals surface area contributed by atoms with Crippen LogP contribution in [0, 0.1) is 0 Å². The summed E-state index contributed by atoms with van der Waals surface area (Å²) in [6.45, 7) is 0. The van der Waals surface area contributed by atoms with E-state index in [1.54, 1.807) is 0 Å². The number of hydrogen-bond donors (Lipinski definition) is 2. The van der Waals surface area contributed by atoms with Crippen LogP contribution in [-0.2, 0) is 0 Å². The van der Waals surface area contributed by atoms with Crippen LogP contribution in [0.2, 0.25) is 0 Å². The van der Waals surface area contributed by atoms with Crippen LogP contribution in [0.15, 0.2) is 23.4 Å². The lowest BCUT2D eigenvalue weighted by Crippen LogP contribution is -2.05. The first kappa shape index (κ1) is 9.06. The van der Waals surface area contributed by atoms with Crippen molar-refractivity contribution in [3.05, 3.63) is 23.4 Å². The predicted molar refractivity (Wildman–Crippen MR) is 53.8 cm³/mol. The van der Waals surface area contributed by atoms with E-state index in [2.05, 4.69) is 40.2 Å². The standard InChI is InChI=1S/C8H12INO/c9-6-2-4-7-3-1-5-8(7)10-11/h2,4,10-11H,1,3,5-6H2/b4-2-. The maximum Gasteiger partial charge on any atom is 0.0408 e. The molecule has 0 radical (unpaired) electrons. The molecule has 3 heteroatoms. The Morgan fingerprint density at radius 2 is 2.36 bits per heavy atom. The molecule has 11 heavy (non-hydrogen) atoms. The SMILES string of the molecule is ONC1=C(/C=C\CI)CCC1. The van der Waals surface area contributed by atoms with Gasteiger partial charge in [0.25, 0.3) is 0 Å². The first-order valence-corrected chi connectivity index (χ1v) is 5.25. The Hall–Kier alpha value is -0.0300. The van der Waals surface area contributed by atoms with Crippen molar-refractivity contribution in [2.45, 2.75) is 19.3 Å². The van der Waals surface area contributed by atoms with Crippen molar-refractivity contribution < 1.29 is 5.21 Å².